The normalized spacial score (nSPS) is 21.3. The van der Waals surface area contributed by atoms with Crippen LogP contribution in [0.3, 0.4) is 0 Å². The molecule has 2 saturated heterocycles. The number of imidazole rings is 2. The van der Waals surface area contributed by atoms with Crippen LogP contribution in [0.15, 0.2) is 60.7 Å². The molecule has 9 rings (SSSR count). The summed E-state index contributed by atoms with van der Waals surface area (Å²) in [7, 11) is 1.31. The number of amides is 4. The van der Waals surface area contributed by atoms with Crippen molar-refractivity contribution >= 4 is 67.6 Å². The fraction of sp³-hybridized carbons (Fsp3) is 0.422. The number of aromatic nitrogens is 4. The molecule has 5 N–H and O–H groups in total. The van der Waals surface area contributed by atoms with E-state index < -0.39 is 24.3 Å². The number of piperidine rings is 1. The van der Waals surface area contributed by atoms with E-state index in [9.17, 15) is 24.3 Å². The van der Waals surface area contributed by atoms with Crippen LogP contribution in [-0.2, 0) is 14.3 Å². The molecule has 6 atom stereocenters. The molecule has 1 saturated carbocycles. The third-order valence-electron chi connectivity index (χ3n) is 12.9. The van der Waals surface area contributed by atoms with E-state index in [1.807, 2.05) is 44.7 Å². The number of aromatic amines is 2. The number of rotatable bonds is 9. The summed E-state index contributed by atoms with van der Waals surface area (Å²) in [5.41, 5.74) is 5.63. The smallest absolute Gasteiger partial charge is 0.407 e. The van der Waals surface area contributed by atoms with Crippen LogP contribution in [0.5, 0.6) is 0 Å². The molecule has 2 bridgehead atoms. The number of nitrogens with zero attached hydrogens (tertiary/aromatic N) is 4. The van der Waals surface area contributed by atoms with E-state index in [0.717, 1.165) is 92.7 Å². The number of nitrogens with one attached hydrogen (secondary N) is 4. The van der Waals surface area contributed by atoms with Gasteiger partial charge >= 0.3 is 12.2 Å². The largest absolute Gasteiger partial charge is 0.465 e. The van der Waals surface area contributed by atoms with Crippen LogP contribution in [-0.4, -0.2) is 90.6 Å². The Morgan fingerprint density at radius 1 is 0.763 bits per heavy atom. The van der Waals surface area contributed by atoms with E-state index in [1.165, 1.54) is 7.11 Å². The zero-order chi connectivity index (χ0) is 41.3. The Labute approximate surface area is 341 Å². The van der Waals surface area contributed by atoms with E-state index >= 15 is 0 Å². The third-order valence-corrected chi connectivity index (χ3v) is 12.9. The highest BCUT2D eigenvalue weighted by atomic mass is 16.5. The van der Waals surface area contributed by atoms with Crippen molar-refractivity contribution in [1.29, 1.82) is 0 Å². The molecule has 1 aliphatic carbocycles. The van der Waals surface area contributed by atoms with Crippen molar-refractivity contribution in [1.82, 2.24) is 40.4 Å². The number of carboxylic acid groups (broad SMARTS) is 1. The Balaban J connectivity index is 0.992. The maximum Gasteiger partial charge on any atom is 0.407 e. The van der Waals surface area contributed by atoms with Crippen molar-refractivity contribution in [3.05, 3.63) is 72.3 Å². The number of carbonyl (C=O) groups is 4. The maximum atomic E-state index is 14.1. The molecule has 2 aromatic heterocycles. The molecule has 14 heteroatoms. The molecule has 0 spiro atoms. The number of hydrogen-bond acceptors (Lipinski definition) is 7. The number of methoxy groups -OCH3 is 1. The Morgan fingerprint density at radius 2 is 1.36 bits per heavy atom. The van der Waals surface area contributed by atoms with Gasteiger partial charge in [-0.3, -0.25) is 9.59 Å². The van der Waals surface area contributed by atoms with Crippen LogP contribution in [0.25, 0.3) is 54.7 Å². The van der Waals surface area contributed by atoms with Gasteiger partial charge in [0.15, 0.2) is 0 Å². The fourth-order valence-electron chi connectivity index (χ4n) is 9.97. The minimum Gasteiger partial charge on any atom is -0.465 e. The number of likely N-dealkylation sites (tertiary alicyclic amines) is 2. The number of benzene rings is 4. The van der Waals surface area contributed by atoms with Gasteiger partial charge in [0.2, 0.25) is 11.8 Å². The van der Waals surface area contributed by atoms with Crippen LogP contribution in [0.2, 0.25) is 0 Å². The van der Waals surface area contributed by atoms with Crippen LogP contribution in [0.4, 0.5) is 9.59 Å². The average molecular weight is 799 g/mol. The second-order valence-electron chi connectivity index (χ2n) is 17.2. The number of H-pyrrole nitrogens is 2. The lowest BCUT2D eigenvalue weighted by atomic mass is 9.95. The number of alkyl carbamates (subject to hydrolysis) is 1. The zero-order valence-electron chi connectivity index (χ0n) is 33.9. The second kappa shape index (κ2) is 14.9. The van der Waals surface area contributed by atoms with Crippen molar-refractivity contribution in [2.45, 2.75) is 90.0 Å². The summed E-state index contributed by atoms with van der Waals surface area (Å²) in [4.78, 5) is 72.2. The highest BCUT2D eigenvalue weighted by molar-refractivity contribution is 6.07. The van der Waals surface area contributed by atoms with Gasteiger partial charge < -0.3 is 40.2 Å². The monoisotopic (exact) mass is 798 g/mol. The molecule has 0 unspecified atom stereocenters. The Bertz CT molecular complexity index is 2650. The van der Waals surface area contributed by atoms with Crippen molar-refractivity contribution in [2.24, 2.45) is 17.8 Å². The first-order valence-corrected chi connectivity index (χ1v) is 20.7. The molecule has 0 radical (unpaired) electrons. The topological polar surface area (TPSA) is 186 Å². The maximum absolute atomic E-state index is 14.1. The first kappa shape index (κ1) is 38.3. The number of ether oxygens (including phenoxy) is 1. The van der Waals surface area contributed by atoms with Crippen molar-refractivity contribution in [2.75, 3.05) is 13.7 Å². The first-order chi connectivity index (χ1) is 28.4. The molecule has 6 aromatic rings. The lowest BCUT2D eigenvalue weighted by Gasteiger charge is -2.37. The average Bonchev–Trinajstić information content (AvgIpc) is 4.08. The quantitative estimate of drug-likeness (QED) is 0.0981. The molecule has 4 aromatic carbocycles. The molecule has 4 heterocycles. The van der Waals surface area contributed by atoms with E-state index in [2.05, 4.69) is 69.1 Å². The molecule has 4 amide bonds. The van der Waals surface area contributed by atoms with Gasteiger partial charge in [0.25, 0.3) is 0 Å². The third kappa shape index (κ3) is 6.67. The van der Waals surface area contributed by atoms with E-state index in [0.29, 0.717) is 18.3 Å². The zero-order valence-corrected chi connectivity index (χ0v) is 33.9. The van der Waals surface area contributed by atoms with Gasteiger partial charge in [-0.15, -0.1) is 0 Å². The number of carbonyl (C=O) groups excluding carboxylic acids is 3. The summed E-state index contributed by atoms with van der Waals surface area (Å²) in [6, 6.07) is 19.2. The summed E-state index contributed by atoms with van der Waals surface area (Å²) in [5.74, 6) is 1.15. The van der Waals surface area contributed by atoms with Crippen LogP contribution in [0, 0.1) is 17.8 Å². The summed E-state index contributed by atoms with van der Waals surface area (Å²) < 4.78 is 4.85. The molecular weight excluding hydrogens is 749 g/mol. The first-order valence-electron chi connectivity index (χ1n) is 20.7. The molecule has 3 aliphatic rings. The van der Waals surface area contributed by atoms with Gasteiger partial charge in [-0.25, -0.2) is 19.6 Å². The Morgan fingerprint density at radius 3 is 1.95 bits per heavy atom. The molecule has 3 fully saturated rings. The molecule has 306 valence electrons. The minimum absolute atomic E-state index is 0.0962. The fourth-order valence-corrected chi connectivity index (χ4v) is 9.97. The van der Waals surface area contributed by atoms with Gasteiger partial charge in [-0.1, -0.05) is 64.1 Å². The molecule has 2 aliphatic heterocycles. The Hall–Kier alpha value is -6.18. The van der Waals surface area contributed by atoms with Crippen molar-refractivity contribution < 1.29 is 29.0 Å². The van der Waals surface area contributed by atoms with E-state index in [1.54, 1.807) is 4.90 Å². The van der Waals surface area contributed by atoms with Crippen molar-refractivity contribution in [3.8, 4) is 11.1 Å². The van der Waals surface area contributed by atoms with E-state index in [-0.39, 0.29) is 41.8 Å². The van der Waals surface area contributed by atoms with Gasteiger partial charge in [0.05, 0.1) is 41.3 Å². The predicted octanol–water partition coefficient (Wildman–Crippen LogP) is 7.80. The van der Waals surface area contributed by atoms with Gasteiger partial charge in [0.1, 0.15) is 23.7 Å². The lowest BCUT2D eigenvalue weighted by Crippen LogP contribution is -2.54. The lowest BCUT2D eigenvalue weighted by molar-refractivity contribution is -0.139. The van der Waals surface area contributed by atoms with Crippen LogP contribution < -0.4 is 10.6 Å². The van der Waals surface area contributed by atoms with Crippen LogP contribution in [0.1, 0.15) is 83.5 Å². The minimum atomic E-state index is -1.21. The van der Waals surface area contributed by atoms with Gasteiger partial charge in [-0.2, -0.15) is 0 Å². The molecular formula is C45H50N8O6. The summed E-state index contributed by atoms with van der Waals surface area (Å²) in [6.45, 7) is 8.09. The van der Waals surface area contributed by atoms with E-state index in [4.69, 9.17) is 14.7 Å². The van der Waals surface area contributed by atoms with Crippen LogP contribution >= 0.6 is 0 Å². The second-order valence-corrected chi connectivity index (χ2v) is 17.2. The highest BCUT2D eigenvalue weighted by Gasteiger charge is 2.51. The molecule has 59 heavy (non-hydrogen) atoms. The van der Waals surface area contributed by atoms with Gasteiger partial charge in [-0.05, 0) is 96.0 Å². The number of fused-ring (bicyclic) bond motifs is 8. The summed E-state index contributed by atoms with van der Waals surface area (Å²) in [5, 5.41) is 18.7. The SMILES string of the molecule is COC(=O)N[C@H](C(=O)N1[C@@H]2CC[C@@H](C2)[C@H]1c1nc2ccc3cc(-c4ccc5c(ccc6nc([C@@H]7CCCN7C(=O)[C@@H](NC(=O)O)C(C)C)[nH]c65)c4)ccc3c2[nH]1)C(C)C. The standard InChI is InChI=1S/C45H50N8O6/c1-22(2)35(50-44(56)57)42(54)52-18-6-7-34(52)40-46-32-16-11-26-19-24(9-14-30(26)37(32)48-40)25-10-15-31-27(20-25)12-17-33-38(31)49-41(47-33)39-28-8-13-29(21-28)53(39)43(55)36(23(3)4)51-45(58)59-5/h9-12,14-17,19-20,22-23,28-29,34-36,39,50H,6-8,13,18,21H2,1-5H3,(H,46,48)(H,47,49)(H,51,58)(H,56,57)/t28-,29+,34-,35-,36-,39-/m0/s1. The van der Waals surface area contributed by atoms with Gasteiger partial charge in [0, 0.05) is 23.4 Å². The summed E-state index contributed by atoms with van der Waals surface area (Å²) in [6.07, 6.45) is 2.63. The van der Waals surface area contributed by atoms with Crippen molar-refractivity contribution in [3.63, 3.8) is 0 Å². The Kier molecular flexibility index (Phi) is 9.67. The highest BCUT2D eigenvalue weighted by Crippen LogP contribution is 2.50. The predicted molar refractivity (Wildman–Crippen MR) is 225 cm³/mol. The summed E-state index contributed by atoms with van der Waals surface area (Å²) >= 11 is 0. The number of hydrogen-bond donors (Lipinski definition) is 5. The molecule has 14 nitrogen and oxygen atoms in total.